The Morgan fingerprint density at radius 2 is 1.89 bits per heavy atom. The maximum absolute atomic E-state index is 14.9. The van der Waals surface area contributed by atoms with Crippen LogP contribution in [0, 0.1) is 5.82 Å². The Balaban J connectivity index is 1.56. The summed E-state index contributed by atoms with van der Waals surface area (Å²) < 4.78 is 54.8. The highest BCUT2D eigenvalue weighted by atomic mass is 19.4. The molecule has 3 aromatic rings. The highest BCUT2D eigenvalue weighted by molar-refractivity contribution is 6.03. The first-order valence-corrected chi connectivity index (χ1v) is 12.3. The smallest absolute Gasteiger partial charge is 0.395 e. The van der Waals surface area contributed by atoms with E-state index in [0.717, 1.165) is 0 Å². The molecular weight excluding hydrogens is 502 g/mol. The second-order valence-electron chi connectivity index (χ2n) is 9.68. The SMILES string of the molecule is C[C@@H](Nc1ncnc2c1CN(c1ccccc1)C(=O)C21CCN(CCO)C1)c1cccc(C(F)(F)F)c1F. The molecule has 0 bridgehead atoms. The molecule has 0 saturated carbocycles. The molecule has 7 nitrogen and oxygen atoms in total. The predicted molar refractivity (Wildman–Crippen MR) is 133 cm³/mol. The van der Waals surface area contributed by atoms with Gasteiger partial charge in [0.1, 0.15) is 23.4 Å². The zero-order valence-corrected chi connectivity index (χ0v) is 20.7. The summed E-state index contributed by atoms with van der Waals surface area (Å²) in [6, 6.07) is 11.5. The average molecular weight is 530 g/mol. The van der Waals surface area contributed by atoms with Crippen LogP contribution in [0.1, 0.15) is 41.8 Å². The van der Waals surface area contributed by atoms with Crippen LogP contribution in [0.4, 0.5) is 29.1 Å². The monoisotopic (exact) mass is 529 g/mol. The van der Waals surface area contributed by atoms with Gasteiger partial charge in [-0.3, -0.25) is 9.69 Å². The van der Waals surface area contributed by atoms with Gasteiger partial charge in [-0.25, -0.2) is 14.4 Å². The molecule has 2 aliphatic rings. The molecule has 2 aromatic carbocycles. The van der Waals surface area contributed by atoms with Crippen molar-refractivity contribution < 1.29 is 27.5 Å². The molecule has 2 N–H and O–H groups in total. The van der Waals surface area contributed by atoms with Crippen LogP contribution in [0.2, 0.25) is 0 Å². The number of anilines is 2. The molecule has 11 heteroatoms. The number of aromatic nitrogens is 2. The summed E-state index contributed by atoms with van der Waals surface area (Å²) >= 11 is 0. The number of hydrogen-bond donors (Lipinski definition) is 2. The van der Waals surface area contributed by atoms with E-state index < -0.39 is 29.0 Å². The van der Waals surface area contributed by atoms with Crippen LogP contribution in [0.3, 0.4) is 0 Å². The number of alkyl halides is 3. The Hall–Kier alpha value is -3.57. The van der Waals surface area contributed by atoms with Gasteiger partial charge < -0.3 is 15.3 Å². The number of nitrogens with one attached hydrogen (secondary N) is 1. The van der Waals surface area contributed by atoms with Crippen molar-refractivity contribution in [2.75, 3.05) is 36.5 Å². The fourth-order valence-electron chi connectivity index (χ4n) is 5.48. The molecule has 1 amide bonds. The van der Waals surface area contributed by atoms with Crippen molar-refractivity contribution in [3.05, 3.63) is 83.1 Å². The fraction of sp³-hybridized carbons (Fsp3) is 0.370. The first-order valence-electron chi connectivity index (χ1n) is 12.3. The molecule has 1 fully saturated rings. The summed E-state index contributed by atoms with van der Waals surface area (Å²) in [5.41, 5.74) is -0.602. The van der Waals surface area contributed by atoms with Crippen LogP contribution in [0.5, 0.6) is 0 Å². The first-order chi connectivity index (χ1) is 18.2. The van der Waals surface area contributed by atoms with E-state index in [2.05, 4.69) is 15.3 Å². The maximum Gasteiger partial charge on any atom is 0.419 e. The molecule has 1 unspecified atom stereocenters. The zero-order chi connectivity index (χ0) is 27.1. The van der Waals surface area contributed by atoms with E-state index in [1.54, 1.807) is 11.8 Å². The number of β-amino-alcohol motifs (C(OH)–C–C–N with tert-alkyl or cyclic N) is 1. The molecule has 2 aliphatic heterocycles. The molecule has 0 aliphatic carbocycles. The fourth-order valence-corrected chi connectivity index (χ4v) is 5.48. The van der Waals surface area contributed by atoms with E-state index in [-0.39, 0.29) is 24.6 Å². The van der Waals surface area contributed by atoms with Gasteiger partial charge in [0, 0.05) is 29.9 Å². The Morgan fingerprint density at radius 3 is 2.61 bits per heavy atom. The highest BCUT2D eigenvalue weighted by Crippen LogP contribution is 2.44. The number of carbonyl (C=O) groups is 1. The predicted octanol–water partition coefficient (Wildman–Crippen LogP) is 4.29. The van der Waals surface area contributed by atoms with Gasteiger partial charge in [0.15, 0.2) is 0 Å². The lowest BCUT2D eigenvalue weighted by Crippen LogP contribution is -2.53. The van der Waals surface area contributed by atoms with Crippen molar-refractivity contribution >= 4 is 17.4 Å². The third kappa shape index (κ3) is 4.49. The van der Waals surface area contributed by atoms with Gasteiger partial charge in [0.25, 0.3) is 0 Å². The number of amides is 1. The lowest BCUT2D eigenvalue weighted by atomic mass is 9.76. The van der Waals surface area contributed by atoms with Crippen LogP contribution in [0.25, 0.3) is 0 Å². The lowest BCUT2D eigenvalue weighted by Gasteiger charge is -2.40. The minimum Gasteiger partial charge on any atom is -0.395 e. The molecule has 0 radical (unpaired) electrons. The molecule has 38 heavy (non-hydrogen) atoms. The van der Waals surface area contributed by atoms with E-state index in [1.165, 1.54) is 18.5 Å². The molecule has 1 spiro atoms. The largest absolute Gasteiger partial charge is 0.419 e. The molecule has 5 rings (SSSR count). The van der Waals surface area contributed by atoms with Crippen molar-refractivity contribution in [2.45, 2.75) is 37.5 Å². The number of aliphatic hydroxyl groups excluding tert-OH is 1. The van der Waals surface area contributed by atoms with Gasteiger partial charge in [-0.05, 0) is 38.1 Å². The van der Waals surface area contributed by atoms with E-state index in [1.807, 2.05) is 35.2 Å². The van der Waals surface area contributed by atoms with Crippen molar-refractivity contribution in [1.82, 2.24) is 14.9 Å². The quantitative estimate of drug-likeness (QED) is 0.464. The van der Waals surface area contributed by atoms with E-state index in [9.17, 15) is 27.5 Å². The summed E-state index contributed by atoms with van der Waals surface area (Å²) in [6.07, 6.45) is -3.02. The minimum atomic E-state index is -4.82. The van der Waals surface area contributed by atoms with Gasteiger partial charge in [-0.2, -0.15) is 13.2 Å². The Morgan fingerprint density at radius 1 is 1.13 bits per heavy atom. The molecule has 1 aromatic heterocycles. The van der Waals surface area contributed by atoms with Crippen LogP contribution < -0.4 is 10.2 Å². The van der Waals surface area contributed by atoms with Gasteiger partial charge in [0.2, 0.25) is 5.91 Å². The van der Waals surface area contributed by atoms with E-state index in [0.29, 0.717) is 54.9 Å². The Kier molecular flexibility index (Phi) is 6.83. The minimum absolute atomic E-state index is 0.0455. The normalized spacial score (nSPS) is 20.6. The van der Waals surface area contributed by atoms with Crippen molar-refractivity contribution in [3.63, 3.8) is 0 Å². The number of nitrogens with zero attached hydrogens (tertiary/aromatic N) is 4. The maximum atomic E-state index is 14.9. The number of benzene rings is 2. The molecule has 2 atom stereocenters. The number of hydrogen-bond acceptors (Lipinski definition) is 6. The standard InChI is InChI=1S/C27H27F4N5O2/c1-17(19-8-5-9-21(22(19)28)27(29,30)31)34-24-20-14-36(18-6-3-2-4-7-18)25(38)26(23(20)32-16-33-24)10-11-35(15-26)12-13-37/h2-9,16-17,37H,10-15H2,1H3,(H,32,33,34)/t17-,26?/m1/s1. The van der Waals surface area contributed by atoms with Gasteiger partial charge in [-0.15, -0.1) is 0 Å². The van der Waals surface area contributed by atoms with Crippen molar-refractivity contribution in [2.24, 2.45) is 0 Å². The number of aliphatic hydroxyl groups is 1. The second kappa shape index (κ2) is 9.95. The first kappa shape index (κ1) is 26.1. The number of likely N-dealkylation sites (tertiary alicyclic amines) is 1. The second-order valence-corrected chi connectivity index (χ2v) is 9.68. The molecule has 3 heterocycles. The number of fused-ring (bicyclic) bond motifs is 2. The number of halogens is 4. The third-order valence-corrected chi connectivity index (χ3v) is 7.36. The average Bonchev–Trinajstić information content (AvgIpc) is 3.31. The highest BCUT2D eigenvalue weighted by Gasteiger charge is 2.53. The molecule has 1 saturated heterocycles. The van der Waals surface area contributed by atoms with E-state index in [4.69, 9.17) is 0 Å². The van der Waals surface area contributed by atoms with Crippen LogP contribution in [-0.4, -0.2) is 52.1 Å². The Labute approximate surface area is 217 Å². The van der Waals surface area contributed by atoms with Crippen molar-refractivity contribution in [1.29, 1.82) is 0 Å². The summed E-state index contributed by atoms with van der Waals surface area (Å²) in [5.74, 6) is -1.12. The number of para-hydroxylation sites is 1. The summed E-state index contributed by atoms with van der Waals surface area (Å²) in [4.78, 5) is 26.5. The molecular formula is C27H27F4N5O2. The summed E-state index contributed by atoms with van der Waals surface area (Å²) in [5, 5.41) is 12.6. The van der Waals surface area contributed by atoms with Crippen LogP contribution in [-0.2, 0) is 22.9 Å². The zero-order valence-electron chi connectivity index (χ0n) is 20.7. The van der Waals surface area contributed by atoms with Gasteiger partial charge >= 0.3 is 6.18 Å². The number of rotatable bonds is 6. The lowest BCUT2D eigenvalue weighted by molar-refractivity contribution is -0.140. The topological polar surface area (TPSA) is 81.6 Å². The summed E-state index contributed by atoms with van der Waals surface area (Å²) in [7, 11) is 0. The number of carbonyl (C=O) groups excluding carboxylic acids is 1. The van der Waals surface area contributed by atoms with Crippen molar-refractivity contribution in [3.8, 4) is 0 Å². The Bertz CT molecular complexity index is 1340. The third-order valence-electron chi connectivity index (χ3n) is 7.36. The van der Waals surface area contributed by atoms with Crippen LogP contribution >= 0.6 is 0 Å². The van der Waals surface area contributed by atoms with Gasteiger partial charge in [0.05, 0.1) is 30.5 Å². The van der Waals surface area contributed by atoms with Crippen LogP contribution in [0.15, 0.2) is 54.9 Å². The molecule has 200 valence electrons. The summed E-state index contributed by atoms with van der Waals surface area (Å²) in [6.45, 7) is 3.02. The van der Waals surface area contributed by atoms with E-state index >= 15 is 0 Å². The van der Waals surface area contributed by atoms with Gasteiger partial charge in [-0.1, -0.05) is 30.3 Å².